The molecule has 0 aliphatic heterocycles. The largest absolute Gasteiger partial charge is 0.336 e. The lowest BCUT2D eigenvalue weighted by atomic mass is 9.84. The molecule has 1 rings (SSSR count). The highest BCUT2D eigenvalue weighted by Crippen LogP contribution is 2.28. The van der Waals surface area contributed by atoms with Gasteiger partial charge in [-0.15, -0.1) is 0 Å². The van der Waals surface area contributed by atoms with Crippen molar-refractivity contribution in [3.05, 3.63) is 0 Å². The van der Waals surface area contributed by atoms with E-state index in [9.17, 15) is 4.79 Å². The van der Waals surface area contributed by atoms with Crippen molar-refractivity contribution in [3.63, 3.8) is 0 Å². The third-order valence-corrected chi connectivity index (χ3v) is 3.48. The summed E-state index contributed by atoms with van der Waals surface area (Å²) in [6.45, 7) is 3.94. The molecule has 17 heavy (non-hydrogen) atoms. The summed E-state index contributed by atoms with van der Waals surface area (Å²) in [6, 6.07) is 2.77. The molecule has 0 heterocycles. The van der Waals surface area contributed by atoms with E-state index >= 15 is 0 Å². The second-order valence-corrected chi connectivity index (χ2v) is 5.25. The maximum absolute atomic E-state index is 11.8. The van der Waals surface area contributed by atoms with Crippen LogP contribution in [0.25, 0.3) is 0 Å². The molecule has 4 nitrogen and oxygen atoms in total. The maximum atomic E-state index is 11.8. The van der Waals surface area contributed by atoms with Gasteiger partial charge < -0.3 is 10.2 Å². The molecule has 0 aromatic heterocycles. The topological polar surface area (TPSA) is 56.1 Å². The number of rotatable bonds is 3. The van der Waals surface area contributed by atoms with Gasteiger partial charge in [-0.3, -0.25) is 0 Å². The van der Waals surface area contributed by atoms with Gasteiger partial charge in [0.2, 0.25) is 0 Å². The fourth-order valence-corrected chi connectivity index (χ4v) is 2.38. The van der Waals surface area contributed by atoms with Crippen molar-refractivity contribution >= 4 is 6.03 Å². The van der Waals surface area contributed by atoms with Gasteiger partial charge >= 0.3 is 6.03 Å². The van der Waals surface area contributed by atoms with E-state index in [1.54, 1.807) is 0 Å². The van der Waals surface area contributed by atoms with Crippen LogP contribution < -0.4 is 5.32 Å². The highest BCUT2D eigenvalue weighted by molar-refractivity contribution is 5.74. The van der Waals surface area contributed by atoms with Crippen LogP contribution in [0, 0.1) is 17.2 Å². The number of nitrogens with zero attached hydrogens (tertiary/aromatic N) is 2. The van der Waals surface area contributed by atoms with Crippen LogP contribution in [-0.2, 0) is 0 Å². The summed E-state index contributed by atoms with van der Waals surface area (Å²) in [5.41, 5.74) is 0. The third-order valence-electron chi connectivity index (χ3n) is 3.48. The SMILES string of the molecule is CC(C)NC(=O)N(C)C1CCC(CC#N)CC1. The standard InChI is InChI=1S/C13H23N3O/c1-10(2)15-13(17)16(3)12-6-4-11(5-7-12)8-9-14/h10-12H,4-8H2,1-3H3,(H,15,17). The van der Waals surface area contributed by atoms with Crippen LogP contribution in [0.4, 0.5) is 4.79 Å². The number of nitrogens with one attached hydrogen (secondary N) is 1. The van der Waals surface area contributed by atoms with Gasteiger partial charge in [-0.1, -0.05) is 0 Å². The van der Waals surface area contributed by atoms with Gasteiger partial charge in [-0.05, 0) is 45.4 Å². The van der Waals surface area contributed by atoms with Crippen LogP contribution >= 0.6 is 0 Å². The molecule has 0 aromatic carbocycles. The van der Waals surface area contributed by atoms with E-state index in [-0.39, 0.29) is 12.1 Å². The van der Waals surface area contributed by atoms with Gasteiger partial charge in [0, 0.05) is 25.6 Å². The summed E-state index contributed by atoms with van der Waals surface area (Å²) < 4.78 is 0. The van der Waals surface area contributed by atoms with E-state index in [0.717, 1.165) is 25.7 Å². The molecule has 1 fully saturated rings. The lowest BCUT2D eigenvalue weighted by Crippen LogP contribution is -2.47. The van der Waals surface area contributed by atoms with Crippen LogP contribution in [0.3, 0.4) is 0 Å². The second-order valence-electron chi connectivity index (χ2n) is 5.25. The zero-order chi connectivity index (χ0) is 12.8. The molecule has 1 aliphatic rings. The first-order valence-electron chi connectivity index (χ1n) is 6.44. The molecule has 0 spiro atoms. The minimum Gasteiger partial charge on any atom is -0.336 e. The number of hydrogen-bond acceptors (Lipinski definition) is 2. The number of carbonyl (C=O) groups is 1. The Morgan fingerprint density at radius 1 is 1.41 bits per heavy atom. The van der Waals surface area contributed by atoms with E-state index < -0.39 is 0 Å². The Kier molecular flexibility index (Phi) is 5.27. The predicted octanol–water partition coefficient (Wildman–Crippen LogP) is 2.51. The van der Waals surface area contributed by atoms with E-state index in [1.165, 1.54) is 0 Å². The first-order chi connectivity index (χ1) is 8.04. The Bertz CT molecular complexity index is 288. The molecule has 2 amide bonds. The lowest BCUT2D eigenvalue weighted by Gasteiger charge is -2.34. The van der Waals surface area contributed by atoms with Crippen molar-refractivity contribution in [1.29, 1.82) is 5.26 Å². The highest BCUT2D eigenvalue weighted by atomic mass is 16.2. The fourth-order valence-electron chi connectivity index (χ4n) is 2.38. The molecule has 1 aliphatic carbocycles. The average molecular weight is 237 g/mol. The average Bonchev–Trinajstić information content (AvgIpc) is 2.28. The summed E-state index contributed by atoms with van der Waals surface area (Å²) in [5, 5.41) is 11.6. The number of nitriles is 1. The summed E-state index contributed by atoms with van der Waals surface area (Å²) in [6.07, 6.45) is 4.84. The zero-order valence-electron chi connectivity index (χ0n) is 11.1. The summed E-state index contributed by atoms with van der Waals surface area (Å²) in [5.74, 6) is 0.540. The molecule has 4 heteroatoms. The lowest BCUT2D eigenvalue weighted by molar-refractivity contribution is 0.159. The van der Waals surface area contributed by atoms with Crippen molar-refractivity contribution in [1.82, 2.24) is 10.2 Å². The smallest absolute Gasteiger partial charge is 0.317 e. The molecular formula is C13H23N3O. The van der Waals surface area contributed by atoms with Gasteiger partial charge in [0.05, 0.1) is 6.07 Å². The normalized spacial score (nSPS) is 24.2. The molecule has 0 unspecified atom stereocenters. The van der Waals surface area contributed by atoms with Gasteiger partial charge in [0.15, 0.2) is 0 Å². The molecule has 1 saturated carbocycles. The van der Waals surface area contributed by atoms with Crippen LogP contribution in [0.5, 0.6) is 0 Å². The summed E-state index contributed by atoms with van der Waals surface area (Å²) in [7, 11) is 1.87. The van der Waals surface area contributed by atoms with Gasteiger partial charge in [-0.25, -0.2) is 4.79 Å². The molecule has 0 atom stereocenters. The monoisotopic (exact) mass is 237 g/mol. The van der Waals surface area contributed by atoms with Gasteiger partial charge in [0.25, 0.3) is 0 Å². The van der Waals surface area contributed by atoms with Crippen molar-refractivity contribution in [2.24, 2.45) is 5.92 Å². The van der Waals surface area contributed by atoms with Crippen LogP contribution in [-0.4, -0.2) is 30.1 Å². The minimum absolute atomic E-state index is 0.0173. The molecule has 96 valence electrons. The van der Waals surface area contributed by atoms with Crippen molar-refractivity contribution < 1.29 is 4.79 Å². The Morgan fingerprint density at radius 2 is 2.00 bits per heavy atom. The zero-order valence-corrected chi connectivity index (χ0v) is 11.1. The number of carbonyl (C=O) groups excluding carboxylic acids is 1. The maximum Gasteiger partial charge on any atom is 0.317 e. The van der Waals surface area contributed by atoms with Crippen LogP contribution in [0.1, 0.15) is 46.0 Å². The first-order valence-corrected chi connectivity index (χ1v) is 6.44. The predicted molar refractivity (Wildman–Crippen MR) is 67.4 cm³/mol. The number of amides is 2. The fraction of sp³-hybridized carbons (Fsp3) is 0.846. The quantitative estimate of drug-likeness (QED) is 0.820. The minimum atomic E-state index is 0.0173. The molecule has 0 bridgehead atoms. The third kappa shape index (κ3) is 4.26. The Balaban J connectivity index is 2.38. The van der Waals surface area contributed by atoms with Crippen molar-refractivity contribution in [2.45, 2.75) is 58.0 Å². The highest BCUT2D eigenvalue weighted by Gasteiger charge is 2.26. The van der Waals surface area contributed by atoms with E-state index in [2.05, 4.69) is 11.4 Å². The Labute approximate surface area is 104 Å². The molecule has 0 radical (unpaired) electrons. The molecular weight excluding hydrogens is 214 g/mol. The van der Waals surface area contributed by atoms with Gasteiger partial charge in [-0.2, -0.15) is 5.26 Å². The second kappa shape index (κ2) is 6.48. The van der Waals surface area contributed by atoms with Crippen molar-refractivity contribution in [2.75, 3.05) is 7.05 Å². The molecule has 0 saturated heterocycles. The summed E-state index contributed by atoms with van der Waals surface area (Å²) in [4.78, 5) is 13.6. The Morgan fingerprint density at radius 3 is 2.47 bits per heavy atom. The number of urea groups is 1. The number of hydrogen-bond donors (Lipinski definition) is 1. The van der Waals surface area contributed by atoms with E-state index in [1.807, 2.05) is 25.8 Å². The molecule has 1 N–H and O–H groups in total. The summed E-state index contributed by atoms with van der Waals surface area (Å²) >= 11 is 0. The van der Waals surface area contributed by atoms with E-state index in [4.69, 9.17) is 5.26 Å². The van der Waals surface area contributed by atoms with Crippen molar-refractivity contribution in [3.8, 4) is 6.07 Å². The van der Waals surface area contributed by atoms with Crippen LogP contribution in [0.2, 0.25) is 0 Å². The molecule has 0 aromatic rings. The van der Waals surface area contributed by atoms with E-state index in [0.29, 0.717) is 18.4 Å². The van der Waals surface area contributed by atoms with Crippen LogP contribution in [0.15, 0.2) is 0 Å². The first kappa shape index (κ1) is 13.8. The Hall–Kier alpha value is -1.24. The van der Waals surface area contributed by atoms with Gasteiger partial charge in [0.1, 0.15) is 0 Å².